The van der Waals surface area contributed by atoms with Gasteiger partial charge in [0.15, 0.2) is 0 Å². The first-order valence-electron chi connectivity index (χ1n) is 8.10. The van der Waals surface area contributed by atoms with E-state index in [1.54, 1.807) is 11.3 Å². The summed E-state index contributed by atoms with van der Waals surface area (Å²) in [6, 6.07) is -0.0296. The Kier molecular flexibility index (Phi) is 6.35. The van der Waals surface area contributed by atoms with Crippen molar-refractivity contribution < 1.29 is 4.79 Å². The van der Waals surface area contributed by atoms with Crippen LogP contribution in [0, 0.1) is 13.8 Å². The van der Waals surface area contributed by atoms with Crippen LogP contribution in [0.5, 0.6) is 0 Å². The van der Waals surface area contributed by atoms with E-state index in [4.69, 9.17) is 0 Å². The van der Waals surface area contributed by atoms with Gasteiger partial charge in [-0.3, -0.25) is 9.69 Å². The van der Waals surface area contributed by atoms with E-state index in [1.165, 1.54) is 9.88 Å². The molecule has 1 aliphatic heterocycles. The molecule has 1 fully saturated rings. The highest BCUT2D eigenvalue weighted by atomic mass is 32.1. The molecule has 6 heteroatoms. The van der Waals surface area contributed by atoms with Crippen molar-refractivity contribution in [3.05, 3.63) is 15.6 Å². The third-order valence-corrected chi connectivity index (χ3v) is 5.54. The van der Waals surface area contributed by atoms with Crippen molar-refractivity contribution in [3.63, 3.8) is 0 Å². The van der Waals surface area contributed by atoms with Crippen molar-refractivity contribution in [1.29, 1.82) is 0 Å². The zero-order valence-electron chi connectivity index (χ0n) is 14.2. The Hall–Kier alpha value is -0.980. The standard InChI is InChI=1S/C16H28N4OS/c1-12-14(3)22-15(18-12)6-5-7-17-16(21)13(2)20-10-8-19(4)9-11-20/h13H,5-11H2,1-4H3,(H,17,21)/t13-/m0/s1. The van der Waals surface area contributed by atoms with E-state index in [-0.39, 0.29) is 11.9 Å². The molecule has 0 bridgehead atoms. The third-order valence-electron chi connectivity index (χ3n) is 4.40. The number of amides is 1. The second kappa shape index (κ2) is 8.04. The second-order valence-electron chi connectivity index (χ2n) is 6.16. The highest BCUT2D eigenvalue weighted by molar-refractivity contribution is 7.11. The van der Waals surface area contributed by atoms with E-state index in [0.717, 1.165) is 51.3 Å². The van der Waals surface area contributed by atoms with Crippen LogP contribution in [0.25, 0.3) is 0 Å². The minimum atomic E-state index is -0.0296. The fraction of sp³-hybridized carbons (Fsp3) is 0.750. The third kappa shape index (κ3) is 4.76. The zero-order valence-corrected chi connectivity index (χ0v) is 15.0. The van der Waals surface area contributed by atoms with E-state index >= 15 is 0 Å². The summed E-state index contributed by atoms with van der Waals surface area (Å²) < 4.78 is 0. The number of aromatic nitrogens is 1. The summed E-state index contributed by atoms with van der Waals surface area (Å²) in [7, 11) is 2.13. The number of rotatable bonds is 6. The van der Waals surface area contributed by atoms with Gasteiger partial charge < -0.3 is 10.2 Å². The molecule has 1 aliphatic rings. The molecular formula is C16H28N4OS. The highest BCUT2D eigenvalue weighted by Crippen LogP contribution is 2.17. The topological polar surface area (TPSA) is 48.5 Å². The molecule has 2 rings (SSSR count). The Morgan fingerprint density at radius 2 is 2.00 bits per heavy atom. The molecule has 2 heterocycles. The highest BCUT2D eigenvalue weighted by Gasteiger charge is 2.23. The minimum absolute atomic E-state index is 0.0296. The molecule has 1 amide bonds. The number of piperazine rings is 1. The second-order valence-corrected chi connectivity index (χ2v) is 7.45. The molecule has 1 aromatic heterocycles. The molecule has 0 spiro atoms. The number of nitrogens with zero attached hydrogens (tertiary/aromatic N) is 3. The maximum absolute atomic E-state index is 12.2. The van der Waals surface area contributed by atoms with Crippen molar-refractivity contribution >= 4 is 17.2 Å². The van der Waals surface area contributed by atoms with E-state index in [1.807, 2.05) is 6.92 Å². The van der Waals surface area contributed by atoms with Crippen molar-refractivity contribution in [2.24, 2.45) is 0 Å². The number of nitrogens with one attached hydrogen (secondary N) is 1. The molecular weight excluding hydrogens is 296 g/mol. The number of hydrogen-bond donors (Lipinski definition) is 1. The number of thiazole rings is 1. The van der Waals surface area contributed by atoms with Crippen LogP contribution in [0.4, 0.5) is 0 Å². The number of carbonyl (C=O) groups is 1. The monoisotopic (exact) mass is 324 g/mol. The van der Waals surface area contributed by atoms with Crippen LogP contribution in [0.2, 0.25) is 0 Å². The Morgan fingerprint density at radius 3 is 2.59 bits per heavy atom. The Balaban J connectivity index is 1.66. The molecule has 1 saturated heterocycles. The quantitative estimate of drug-likeness (QED) is 0.805. The Bertz CT molecular complexity index is 475. The summed E-state index contributed by atoms with van der Waals surface area (Å²) in [5.41, 5.74) is 1.13. The maximum Gasteiger partial charge on any atom is 0.237 e. The van der Waals surface area contributed by atoms with Gasteiger partial charge >= 0.3 is 0 Å². The van der Waals surface area contributed by atoms with Crippen LogP contribution in [0.1, 0.15) is 28.9 Å². The van der Waals surface area contributed by atoms with Crippen LogP contribution < -0.4 is 5.32 Å². The lowest BCUT2D eigenvalue weighted by atomic mass is 10.2. The fourth-order valence-corrected chi connectivity index (χ4v) is 3.60. The lowest BCUT2D eigenvalue weighted by molar-refractivity contribution is -0.126. The van der Waals surface area contributed by atoms with Crippen LogP contribution in [-0.2, 0) is 11.2 Å². The summed E-state index contributed by atoms with van der Waals surface area (Å²) in [6.07, 6.45) is 1.90. The number of hydrogen-bond acceptors (Lipinski definition) is 5. The van der Waals surface area contributed by atoms with Crippen molar-refractivity contribution in [2.75, 3.05) is 39.8 Å². The predicted molar refractivity (Wildman–Crippen MR) is 91.5 cm³/mol. The van der Waals surface area contributed by atoms with Gasteiger partial charge in [0.2, 0.25) is 5.91 Å². The van der Waals surface area contributed by atoms with Gasteiger partial charge in [-0.1, -0.05) is 0 Å². The lowest BCUT2D eigenvalue weighted by Crippen LogP contribution is -2.53. The molecule has 5 nitrogen and oxygen atoms in total. The Morgan fingerprint density at radius 1 is 1.32 bits per heavy atom. The molecule has 1 atom stereocenters. The fourth-order valence-electron chi connectivity index (χ4n) is 2.62. The first kappa shape index (κ1) is 17.4. The van der Waals surface area contributed by atoms with Gasteiger partial charge in [-0.25, -0.2) is 4.98 Å². The van der Waals surface area contributed by atoms with Gasteiger partial charge in [-0.05, 0) is 34.2 Å². The van der Waals surface area contributed by atoms with Crippen LogP contribution >= 0.6 is 11.3 Å². The maximum atomic E-state index is 12.2. The van der Waals surface area contributed by atoms with E-state index in [9.17, 15) is 4.79 Å². The molecule has 124 valence electrons. The molecule has 1 N–H and O–H groups in total. The van der Waals surface area contributed by atoms with Gasteiger partial charge in [0.05, 0.1) is 16.7 Å². The summed E-state index contributed by atoms with van der Waals surface area (Å²) in [4.78, 5) is 22.6. The molecule has 0 unspecified atom stereocenters. The van der Waals surface area contributed by atoms with Crippen molar-refractivity contribution in [3.8, 4) is 0 Å². The van der Waals surface area contributed by atoms with Crippen LogP contribution in [-0.4, -0.2) is 66.5 Å². The first-order valence-corrected chi connectivity index (χ1v) is 8.92. The molecule has 0 aliphatic carbocycles. The largest absolute Gasteiger partial charge is 0.355 e. The predicted octanol–water partition coefficient (Wildman–Crippen LogP) is 1.44. The van der Waals surface area contributed by atoms with E-state index in [0.29, 0.717) is 0 Å². The van der Waals surface area contributed by atoms with Crippen molar-refractivity contribution in [1.82, 2.24) is 20.1 Å². The zero-order chi connectivity index (χ0) is 16.1. The van der Waals surface area contributed by atoms with Gasteiger partial charge in [0.1, 0.15) is 0 Å². The van der Waals surface area contributed by atoms with E-state index < -0.39 is 0 Å². The van der Waals surface area contributed by atoms with Crippen LogP contribution in [0.3, 0.4) is 0 Å². The lowest BCUT2D eigenvalue weighted by Gasteiger charge is -2.35. The minimum Gasteiger partial charge on any atom is -0.355 e. The SMILES string of the molecule is Cc1nc(CCCNC(=O)[C@H](C)N2CCN(C)CC2)sc1C. The smallest absolute Gasteiger partial charge is 0.237 e. The number of likely N-dealkylation sites (N-methyl/N-ethyl adjacent to an activating group) is 1. The molecule has 1 aromatic rings. The molecule has 0 saturated carbocycles. The van der Waals surface area contributed by atoms with Gasteiger partial charge in [-0.15, -0.1) is 11.3 Å². The first-order chi connectivity index (χ1) is 10.5. The normalized spacial score (nSPS) is 18.4. The Labute approximate surface area is 137 Å². The summed E-state index contributed by atoms with van der Waals surface area (Å²) in [5.74, 6) is 0.149. The van der Waals surface area contributed by atoms with E-state index in [2.05, 4.69) is 41.0 Å². The summed E-state index contributed by atoms with van der Waals surface area (Å²) in [5, 5.41) is 4.24. The summed E-state index contributed by atoms with van der Waals surface area (Å²) >= 11 is 1.77. The van der Waals surface area contributed by atoms with Gasteiger partial charge in [-0.2, -0.15) is 0 Å². The van der Waals surface area contributed by atoms with Gasteiger partial charge in [0, 0.05) is 44.0 Å². The molecule has 0 radical (unpaired) electrons. The van der Waals surface area contributed by atoms with Crippen LogP contribution in [0.15, 0.2) is 0 Å². The average Bonchev–Trinajstić information content (AvgIpc) is 2.82. The molecule has 0 aromatic carbocycles. The molecule has 22 heavy (non-hydrogen) atoms. The van der Waals surface area contributed by atoms with Gasteiger partial charge in [0.25, 0.3) is 0 Å². The average molecular weight is 324 g/mol. The number of aryl methyl sites for hydroxylation is 3. The number of carbonyl (C=O) groups excluding carboxylic acids is 1. The summed E-state index contributed by atoms with van der Waals surface area (Å²) in [6.45, 7) is 10.9. The van der Waals surface area contributed by atoms with Crippen molar-refractivity contribution in [2.45, 2.75) is 39.7 Å².